The number of ether oxygens (including phenoxy) is 1. The van der Waals surface area contributed by atoms with Crippen LogP contribution >= 0.6 is 0 Å². The van der Waals surface area contributed by atoms with Gasteiger partial charge in [-0.05, 0) is 24.6 Å². The molecule has 120 valence electrons. The predicted molar refractivity (Wildman–Crippen MR) is 85.8 cm³/mol. The zero-order chi connectivity index (χ0) is 16.5. The first-order chi connectivity index (χ1) is 11.2. The van der Waals surface area contributed by atoms with Crippen molar-refractivity contribution in [2.45, 2.75) is 13.5 Å². The van der Waals surface area contributed by atoms with Crippen molar-refractivity contribution in [3.05, 3.63) is 65.7 Å². The lowest BCUT2D eigenvalue weighted by Gasteiger charge is -2.11. The number of benzene rings is 2. The van der Waals surface area contributed by atoms with Crippen molar-refractivity contribution < 1.29 is 19.2 Å². The summed E-state index contributed by atoms with van der Waals surface area (Å²) in [6.45, 7) is 2.20. The Labute approximate surface area is 134 Å². The monoisotopic (exact) mass is 314 g/mol. The quantitative estimate of drug-likeness (QED) is 0.803. The Hall–Kier alpha value is -2.86. The second kappa shape index (κ2) is 8.55. The number of amides is 2. The van der Waals surface area contributed by atoms with E-state index in [4.69, 9.17) is 9.57 Å². The van der Waals surface area contributed by atoms with E-state index in [-0.39, 0.29) is 18.8 Å². The summed E-state index contributed by atoms with van der Waals surface area (Å²) in [4.78, 5) is 28.9. The number of hydrogen-bond donors (Lipinski definition) is 2. The Morgan fingerprint density at radius 2 is 1.70 bits per heavy atom. The Morgan fingerprint density at radius 3 is 2.43 bits per heavy atom. The average Bonchev–Trinajstić information content (AvgIpc) is 2.56. The third-order valence-electron chi connectivity index (χ3n) is 2.93. The third-order valence-corrected chi connectivity index (χ3v) is 2.93. The van der Waals surface area contributed by atoms with E-state index in [2.05, 4.69) is 10.8 Å². The molecule has 0 atom stereocenters. The lowest BCUT2D eigenvalue weighted by atomic mass is 10.1. The van der Waals surface area contributed by atoms with E-state index in [1.807, 2.05) is 30.3 Å². The molecule has 0 spiro atoms. The number of para-hydroxylation sites is 1. The van der Waals surface area contributed by atoms with Crippen LogP contribution in [-0.2, 0) is 16.2 Å². The molecule has 0 saturated heterocycles. The third kappa shape index (κ3) is 5.12. The zero-order valence-electron chi connectivity index (χ0n) is 12.7. The fourth-order valence-electron chi connectivity index (χ4n) is 1.88. The van der Waals surface area contributed by atoms with Gasteiger partial charge in [0.05, 0.1) is 24.5 Å². The summed E-state index contributed by atoms with van der Waals surface area (Å²) in [6.07, 6.45) is -0.613. The molecule has 0 radical (unpaired) electrons. The Kier molecular flexibility index (Phi) is 6.14. The molecule has 0 saturated carbocycles. The van der Waals surface area contributed by atoms with E-state index in [1.165, 1.54) is 0 Å². The van der Waals surface area contributed by atoms with E-state index in [1.54, 1.807) is 31.2 Å². The van der Waals surface area contributed by atoms with Gasteiger partial charge in [0.1, 0.15) is 0 Å². The highest BCUT2D eigenvalue weighted by atomic mass is 16.6. The van der Waals surface area contributed by atoms with Crippen molar-refractivity contribution in [1.82, 2.24) is 5.48 Å². The molecule has 23 heavy (non-hydrogen) atoms. The maximum atomic E-state index is 12.2. The number of carbonyl (C=O) groups excluding carboxylic acids is 2. The molecule has 0 heterocycles. The normalized spacial score (nSPS) is 9.96. The maximum Gasteiger partial charge on any atom is 0.411 e. The van der Waals surface area contributed by atoms with Crippen LogP contribution < -0.4 is 10.8 Å². The molecule has 2 aromatic rings. The van der Waals surface area contributed by atoms with Gasteiger partial charge < -0.3 is 4.74 Å². The second-order valence-electron chi connectivity index (χ2n) is 4.60. The molecule has 2 aromatic carbocycles. The van der Waals surface area contributed by atoms with Crippen molar-refractivity contribution in [2.24, 2.45) is 0 Å². The van der Waals surface area contributed by atoms with E-state index in [0.717, 1.165) is 5.56 Å². The SMILES string of the molecule is CCOC(=O)Nc1ccccc1C(=O)NOCc1ccccc1. The molecule has 6 heteroatoms. The zero-order valence-corrected chi connectivity index (χ0v) is 12.7. The minimum absolute atomic E-state index is 0.250. The number of hydroxylamine groups is 1. The fraction of sp³-hybridized carbons (Fsp3) is 0.176. The Bertz CT molecular complexity index is 659. The highest BCUT2D eigenvalue weighted by Gasteiger charge is 2.13. The largest absolute Gasteiger partial charge is 0.450 e. The summed E-state index contributed by atoms with van der Waals surface area (Å²) in [5.74, 6) is -0.451. The summed E-state index contributed by atoms with van der Waals surface area (Å²) in [5.41, 5.74) is 3.94. The number of nitrogens with one attached hydrogen (secondary N) is 2. The van der Waals surface area contributed by atoms with Gasteiger partial charge in [-0.2, -0.15) is 0 Å². The first-order valence-corrected chi connectivity index (χ1v) is 7.19. The molecular weight excluding hydrogens is 296 g/mol. The van der Waals surface area contributed by atoms with E-state index >= 15 is 0 Å². The molecule has 0 aromatic heterocycles. The van der Waals surface area contributed by atoms with E-state index in [9.17, 15) is 9.59 Å². The summed E-state index contributed by atoms with van der Waals surface area (Å²) in [5, 5.41) is 2.52. The first kappa shape index (κ1) is 16.5. The predicted octanol–water partition coefficient (Wildman–Crippen LogP) is 3.12. The molecule has 0 aliphatic heterocycles. The van der Waals surface area contributed by atoms with E-state index in [0.29, 0.717) is 5.69 Å². The summed E-state index contributed by atoms with van der Waals surface area (Å²) in [7, 11) is 0. The summed E-state index contributed by atoms with van der Waals surface area (Å²) < 4.78 is 4.81. The van der Waals surface area contributed by atoms with Crippen LogP contribution in [0.25, 0.3) is 0 Å². The molecular formula is C17H18N2O4. The second-order valence-corrected chi connectivity index (χ2v) is 4.60. The number of hydrogen-bond acceptors (Lipinski definition) is 4. The van der Waals surface area contributed by atoms with Crippen LogP contribution in [-0.4, -0.2) is 18.6 Å². The minimum Gasteiger partial charge on any atom is -0.450 e. The van der Waals surface area contributed by atoms with Gasteiger partial charge >= 0.3 is 6.09 Å². The Morgan fingerprint density at radius 1 is 1.00 bits per heavy atom. The molecule has 2 rings (SSSR count). The number of rotatable bonds is 6. The van der Waals surface area contributed by atoms with Crippen LogP contribution in [0.5, 0.6) is 0 Å². The van der Waals surface area contributed by atoms with Gasteiger partial charge in [0.2, 0.25) is 0 Å². The molecule has 0 unspecified atom stereocenters. The molecule has 0 bridgehead atoms. The standard InChI is InChI=1S/C17H18N2O4/c1-2-22-17(21)18-15-11-7-6-10-14(15)16(20)19-23-12-13-8-4-3-5-9-13/h3-11H,2,12H2,1H3,(H,18,21)(H,19,20). The van der Waals surface area contributed by atoms with Gasteiger partial charge in [0.25, 0.3) is 5.91 Å². The molecule has 2 amide bonds. The van der Waals surface area contributed by atoms with Gasteiger partial charge in [-0.25, -0.2) is 10.3 Å². The molecule has 6 nitrogen and oxygen atoms in total. The van der Waals surface area contributed by atoms with E-state index < -0.39 is 12.0 Å². The van der Waals surface area contributed by atoms with Gasteiger partial charge in [-0.1, -0.05) is 42.5 Å². The molecule has 0 aliphatic carbocycles. The van der Waals surface area contributed by atoms with Crippen LogP contribution in [0.3, 0.4) is 0 Å². The molecule has 0 aliphatic rings. The van der Waals surface area contributed by atoms with Gasteiger partial charge in [-0.15, -0.1) is 0 Å². The van der Waals surface area contributed by atoms with Crippen molar-refractivity contribution in [3.63, 3.8) is 0 Å². The lowest BCUT2D eigenvalue weighted by Crippen LogP contribution is -2.25. The lowest BCUT2D eigenvalue weighted by molar-refractivity contribution is 0.0234. The van der Waals surface area contributed by atoms with Gasteiger partial charge in [-0.3, -0.25) is 14.9 Å². The highest BCUT2D eigenvalue weighted by molar-refractivity contribution is 6.02. The minimum atomic E-state index is -0.613. The fourth-order valence-corrected chi connectivity index (χ4v) is 1.88. The first-order valence-electron chi connectivity index (χ1n) is 7.19. The Balaban J connectivity index is 1.95. The smallest absolute Gasteiger partial charge is 0.411 e. The topological polar surface area (TPSA) is 76.7 Å². The maximum absolute atomic E-state index is 12.2. The van der Waals surface area contributed by atoms with Gasteiger partial charge in [0, 0.05) is 0 Å². The van der Waals surface area contributed by atoms with Crippen LogP contribution in [0.4, 0.5) is 10.5 Å². The molecule has 0 fully saturated rings. The highest BCUT2D eigenvalue weighted by Crippen LogP contribution is 2.15. The van der Waals surface area contributed by atoms with Crippen molar-refractivity contribution in [2.75, 3.05) is 11.9 Å². The summed E-state index contributed by atoms with van der Waals surface area (Å²) >= 11 is 0. The van der Waals surface area contributed by atoms with Crippen LogP contribution in [0.1, 0.15) is 22.8 Å². The van der Waals surface area contributed by atoms with Crippen LogP contribution in [0.2, 0.25) is 0 Å². The van der Waals surface area contributed by atoms with Crippen LogP contribution in [0, 0.1) is 0 Å². The number of carbonyl (C=O) groups is 2. The van der Waals surface area contributed by atoms with Gasteiger partial charge in [0.15, 0.2) is 0 Å². The van der Waals surface area contributed by atoms with Crippen molar-refractivity contribution in [3.8, 4) is 0 Å². The van der Waals surface area contributed by atoms with Crippen molar-refractivity contribution in [1.29, 1.82) is 0 Å². The average molecular weight is 314 g/mol. The molecule has 2 N–H and O–H groups in total. The summed E-state index contributed by atoms with van der Waals surface area (Å²) in [6, 6.07) is 16.1. The van der Waals surface area contributed by atoms with Crippen molar-refractivity contribution >= 4 is 17.7 Å². The number of anilines is 1. The van der Waals surface area contributed by atoms with Crippen LogP contribution in [0.15, 0.2) is 54.6 Å².